The predicted molar refractivity (Wildman–Crippen MR) is 48.5 cm³/mol. The van der Waals surface area contributed by atoms with Crippen molar-refractivity contribution >= 4 is 0 Å². The zero-order chi connectivity index (χ0) is 9.84. The van der Waals surface area contributed by atoms with Crippen LogP contribution in [0.2, 0.25) is 0 Å². The molecule has 0 bridgehead atoms. The minimum atomic E-state index is -1.08. The lowest BCUT2D eigenvalue weighted by atomic mass is 10.1. The molecule has 68 valence electrons. The van der Waals surface area contributed by atoms with Gasteiger partial charge in [0.25, 0.3) is 0 Å². The van der Waals surface area contributed by atoms with Crippen LogP contribution in [0.1, 0.15) is 11.7 Å². The van der Waals surface area contributed by atoms with Gasteiger partial charge in [-0.05, 0) is 12.1 Å². The van der Waals surface area contributed by atoms with Crippen molar-refractivity contribution in [2.75, 3.05) is 7.11 Å². The summed E-state index contributed by atoms with van der Waals surface area (Å²) in [6.07, 6.45) is 3.92. The maximum atomic E-state index is 9.39. The minimum absolute atomic E-state index is 0.0650. The summed E-state index contributed by atoms with van der Waals surface area (Å²) in [6.45, 7) is 0. The molecule has 0 amide bonds. The van der Waals surface area contributed by atoms with Crippen molar-refractivity contribution in [1.82, 2.24) is 0 Å². The lowest BCUT2D eigenvalue weighted by molar-refractivity contribution is 0.233. The van der Waals surface area contributed by atoms with Gasteiger partial charge in [-0.15, -0.1) is 6.42 Å². The molecule has 0 heterocycles. The lowest BCUT2D eigenvalue weighted by Crippen LogP contribution is -1.94. The Balaban J connectivity index is 3.06. The molecule has 3 heteroatoms. The summed E-state index contributed by atoms with van der Waals surface area (Å²) < 4.78 is 4.87. The molecule has 0 aliphatic rings. The molecule has 0 spiro atoms. The SMILES string of the molecule is C#CC(O)c1ccc(OC)cc1O. The van der Waals surface area contributed by atoms with E-state index in [0.717, 1.165) is 0 Å². The van der Waals surface area contributed by atoms with E-state index in [1.54, 1.807) is 6.07 Å². The quantitative estimate of drug-likeness (QED) is 0.666. The van der Waals surface area contributed by atoms with Gasteiger partial charge in [-0.1, -0.05) is 5.92 Å². The van der Waals surface area contributed by atoms with Gasteiger partial charge in [-0.3, -0.25) is 0 Å². The van der Waals surface area contributed by atoms with Crippen molar-refractivity contribution in [3.05, 3.63) is 23.8 Å². The van der Waals surface area contributed by atoms with Crippen molar-refractivity contribution in [3.63, 3.8) is 0 Å². The fraction of sp³-hybridized carbons (Fsp3) is 0.200. The largest absolute Gasteiger partial charge is 0.507 e. The second-order valence-corrected chi connectivity index (χ2v) is 2.49. The third-order valence-corrected chi connectivity index (χ3v) is 1.69. The second-order valence-electron chi connectivity index (χ2n) is 2.49. The highest BCUT2D eigenvalue weighted by Gasteiger charge is 2.09. The highest BCUT2D eigenvalue weighted by molar-refractivity contribution is 5.42. The Bertz CT molecular complexity index is 339. The number of benzene rings is 1. The number of methoxy groups -OCH3 is 1. The van der Waals surface area contributed by atoms with Crippen LogP contribution in [0.4, 0.5) is 0 Å². The van der Waals surface area contributed by atoms with Crippen LogP contribution in [0.5, 0.6) is 11.5 Å². The number of aliphatic hydroxyl groups excluding tert-OH is 1. The summed E-state index contributed by atoms with van der Waals surface area (Å²) in [4.78, 5) is 0. The Morgan fingerprint density at radius 2 is 2.23 bits per heavy atom. The normalized spacial score (nSPS) is 11.8. The third kappa shape index (κ3) is 1.92. The van der Waals surface area contributed by atoms with Crippen molar-refractivity contribution < 1.29 is 14.9 Å². The Morgan fingerprint density at radius 3 is 2.69 bits per heavy atom. The summed E-state index contributed by atoms with van der Waals surface area (Å²) in [5, 5.41) is 18.6. The van der Waals surface area contributed by atoms with Crippen LogP contribution in [-0.4, -0.2) is 17.3 Å². The van der Waals surface area contributed by atoms with Gasteiger partial charge in [0, 0.05) is 11.6 Å². The number of phenolic OH excluding ortho intramolecular Hbond substituents is 1. The molecule has 1 aromatic rings. The summed E-state index contributed by atoms with van der Waals surface area (Å²) in [5.41, 5.74) is 0.309. The molecule has 1 aromatic carbocycles. The van der Waals surface area contributed by atoms with Crippen molar-refractivity contribution in [1.29, 1.82) is 0 Å². The van der Waals surface area contributed by atoms with Gasteiger partial charge in [0.15, 0.2) is 0 Å². The second kappa shape index (κ2) is 3.83. The molecule has 2 N–H and O–H groups in total. The molecule has 13 heavy (non-hydrogen) atoms. The van der Waals surface area contributed by atoms with Crippen LogP contribution in [-0.2, 0) is 0 Å². The van der Waals surface area contributed by atoms with Crippen LogP contribution in [0.25, 0.3) is 0 Å². The Labute approximate surface area is 76.6 Å². The zero-order valence-corrected chi connectivity index (χ0v) is 7.19. The van der Waals surface area contributed by atoms with Crippen LogP contribution in [0.15, 0.2) is 18.2 Å². The Morgan fingerprint density at radius 1 is 1.54 bits per heavy atom. The van der Waals surface area contributed by atoms with Gasteiger partial charge in [0.05, 0.1) is 7.11 Å². The number of rotatable bonds is 2. The van der Waals surface area contributed by atoms with E-state index in [1.165, 1.54) is 19.2 Å². The molecule has 1 rings (SSSR count). The summed E-state index contributed by atoms with van der Waals surface area (Å²) in [7, 11) is 1.49. The van der Waals surface area contributed by atoms with Gasteiger partial charge in [0.2, 0.25) is 0 Å². The number of hydrogen-bond donors (Lipinski definition) is 2. The first-order valence-corrected chi connectivity index (χ1v) is 3.70. The maximum Gasteiger partial charge on any atom is 0.143 e. The molecule has 0 saturated carbocycles. The molecular weight excluding hydrogens is 168 g/mol. The van der Waals surface area contributed by atoms with Crippen LogP contribution < -0.4 is 4.74 Å². The van der Waals surface area contributed by atoms with Gasteiger partial charge >= 0.3 is 0 Å². The van der Waals surface area contributed by atoms with E-state index in [0.29, 0.717) is 11.3 Å². The number of phenols is 1. The molecular formula is C10H10O3. The highest BCUT2D eigenvalue weighted by Crippen LogP contribution is 2.27. The monoisotopic (exact) mass is 178 g/mol. The summed E-state index contributed by atoms with van der Waals surface area (Å²) in [5.74, 6) is 2.57. The van der Waals surface area contributed by atoms with E-state index in [1.807, 2.05) is 0 Å². The Kier molecular flexibility index (Phi) is 2.78. The zero-order valence-electron chi connectivity index (χ0n) is 7.19. The third-order valence-electron chi connectivity index (χ3n) is 1.69. The average molecular weight is 178 g/mol. The Hall–Kier alpha value is -1.66. The van der Waals surface area contributed by atoms with Gasteiger partial charge in [-0.25, -0.2) is 0 Å². The summed E-state index contributed by atoms with van der Waals surface area (Å²) >= 11 is 0. The molecule has 0 radical (unpaired) electrons. The topological polar surface area (TPSA) is 49.7 Å². The van der Waals surface area contributed by atoms with Gasteiger partial charge < -0.3 is 14.9 Å². The van der Waals surface area contributed by atoms with E-state index in [9.17, 15) is 10.2 Å². The first-order chi connectivity index (χ1) is 6.19. The van der Waals surface area contributed by atoms with E-state index in [4.69, 9.17) is 11.2 Å². The van der Waals surface area contributed by atoms with E-state index >= 15 is 0 Å². The molecule has 0 aromatic heterocycles. The van der Waals surface area contributed by atoms with Crippen LogP contribution in [0, 0.1) is 12.3 Å². The summed E-state index contributed by atoms with van der Waals surface area (Å²) in [6, 6.07) is 4.55. The molecule has 1 unspecified atom stereocenters. The van der Waals surface area contributed by atoms with E-state index in [2.05, 4.69) is 5.92 Å². The average Bonchev–Trinajstić information content (AvgIpc) is 2.16. The number of aromatic hydroxyl groups is 1. The standard InChI is InChI=1S/C10H10O3/c1-3-9(11)8-5-4-7(13-2)6-10(8)12/h1,4-6,9,11-12H,2H3. The molecule has 0 fully saturated rings. The molecule has 0 aliphatic heterocycles. The molecule has 0 saturated heterocycles. The fourth-order valence-electron chi connectivity index (χ4n) is 0.971. The minimum Gasteiger partial charge on any atom is -0.507 e. The van der Waals surface area contributed by atoms with Gasteiger partial charge in [-0.2, -0.15) is 0 Å². The number of terminal acetylenes is 1. The maximum absolute atomic E-state index is 9.39. The first-order valence-electron chi connectivity index (χ1n) is 3.70. The van der Waals surface area contributed by atoms with E-state index in [-0.39, 0.29) is 5.75 Å². The van der Waals surface area contributed by atoms with Crippen LogP contribution in [0.3, 0.4) is 0 Å². The van der Waals surface area contributed by atoms with Crippen molar-refractivity contribution in [3.8, 4) is 23.8 Å². The number of ether oxygens (including phenoxy) is 1. The molecule has 1 atom stereocenters. The number of hydrogen-bond acceptors (Lipinski definition) is 3. The lowest BCUT2D eigenvalue weighted by Gasteiger charge is -2.07. The van der Waals surface area contributed by atoms with Crippen molar-refractivity contribution in [2.45, 2.75) is 6.10 Å². The smallest absolute Gasteiger partial charge is 0.143 e. The number of aliphatic hydroxyl groups is 1. The highest BCUT2D eigenvalue weighted by atomic mass is 16.5. The molecule has 3 nitrogen and oxygen atoms in total. The van der Waals surface area contributed by atoms with Crippen molar-refractivity contribution in [2.24, 2.45) is 0 Å². The predicted octanol–water partition coefficient (Wildman–Crippen LogP) is 1.07. The van der Waals surface area contributed by atoms with Gasteiger partial charge in [0.1, 0.15) is 17.6 Å². The van der Waals surface area contributed by atoms with Crippen LogP contribution >= 0.6 is 0 Å². The fourth-order valence-corrected chi connectivity index (χ4v) is 0.971. The van der Waals surface area contributed by atoms with E-state index < -0.39 is 6.10 Å². The molecule has 0 aliphatic carbocycles. The first kappa shape index (κ1) is 9.43.